The lowest BCUT2D eigenvalue weighted by atomic mass is 9.93. The number of pyridine rings is 1. The summed E-state index contributed by atoms with van der Waals surface area (Å²) in [6.45, 7) is 0. The third kappa shape index (κ3) is 3.32. The van der Waals surface area contributed by atoms with Crippen LogP contribution in [0.15, 0.2) is 24.7 Å². The van der Waals surface area contributed by atoms with E-state index in [9.17, 15) is 9.18 Å². The Morgan fingerprint density at radius 3 is 3.18 bits per heavy atom. The standard InChI is InChI=1S/C16H19FN4O/c1-21-10-13-14(3-2-4-15(13)20-21)19-16(22)6-5-11-7-12(17)9-18-8-11/h7-10,14H,2-6H2,1H3,(H,19,22). The fourth-order valence-corrected chi connectivity index (χ4v) is 2.93. The molecule has 1 unspecified atom stereocenters. The molecular weight excluding hydrogens is 283 g/mol. The quantitative estimate of drug-likeness (QED) is 0.940. The number of hydrogen-bond donors (Lipinski definition) is 1. The first-order valence-corrected chi connectivity index (χ1v) is 7.53. The van der Waals surface area contributed by atoms with E-state index >= 15 is 0 Å². The molecule has 0 fully saturated rings. The molecule has 1 amide bonds. The topological polar surface area (TPSA) is 59.8 Å². The van der Waals surface area contributed by atoms with Gasteiger partial charge in [-0.1, -0.05) is 0 Å². The number of amides is 1. The van der Waals surface area contributed by atoms with Gasteiger partial charge in [0.2, 0.25) is 5.91 Å². The van der Waals surface area contributed by atoms with Crippen LogP contribution in [-0.4, -0.2) is 20.7 Å². The van der Waals surface area contributed by atoms with Crippen molar-refractivity contribution < 1.29 is 9.18 Å². The molecular formula is C16H19FN4O. The van der Waals surface area contributed by atoms with Gasteiger partial charge in [-0.15, -0.1) is 0 Å². The van der Waals surface area contributed by atoms with Crippen molar-refractivity contribution in [1.82, 2.24) is 20.1 Å². The van der Waals surface area contributed by atoms with Gasteiger partial charge in [-0.25, -0.2) is 4.39 Å². The van der Waals surface area contributed by atoms with Gasteiger partial charge in [0.15, 0.2) is 0 Å². The number of nitrogens with one attached hydrogen (secondary N) is 1. The first-order chi connectivity index (χ1) is 10.6. The van der Waals surface area contributed by atoms with Crippen molar-refractivity contribution in [2.24, 2.45) is 7.05 Å². The molecule has 2 aromatic heterocycles. The van der Waals surface area contributed by atoms with Crippen molar-refractivity contribution in [1.29, 1.82) is 0 Å². The summed E-state index contributed by atoms with van der Waals surface area (Å²) in [6.07, 6.45) is 8.49. The molecule has 1 aliphatic rings. The van der Waals surface area contributed by atoms with E-state index in [0.29, 0.717) is 12.8 Å². The van der Waals surface area contributed by atoms with Crippen LogP contribution in [0.3, 0.4) is 0 Å². The van der Waals surface area contributed by atoms with E-state index in [0.717, 1.165) is 42.3 Å². The SMILES string of the molecule is Cn1cc2c(n1)CCCC2NC(=O)CCc1cncc(F)c1. The Bertz CT molecular complexity index is 683. The van der Waals surface area contributed by atoms with Crippen LogP contribution >= 0.6 is 0 Å². The van der Waals surface area contributed by atoms with Crippen molar-refractivity contribution >= 4 is 5.91 Å². The third-order valence-corrected chi connectivity index (χ3v) is 3.96. The summed E-state index contributed by atoms with van der Waals surface area (Å²) < 4.78 is 14.9. The highest BCUT2D eigenvalue weighted by Crippen LogP contribution is 2.28. The molecule has 0 aliphatic heterocycles. The molecule has 22 heavy (non-hydrogen) atoms. The number of carbonyl (C=O) groups excluding carboxylic acids is 1. The number of aryl methyl sites for hydroxylation is 3. The maximum Gasteiger partial charge on any atom is 0.220 e. The van der Waals surface area contributed by atoms with Gasteiger partial charge in [-0.3, -0.25) is 14.5 Å². The van der Waals surface area contributed by atoms with Crippen molar-refractivity contribution in [3.05, 3.63) is 47.3 Å². The van der Waals surface area contributed by atoms with E-state index in [4.69, 9.17) is 0 Å². The third-order valence-electron chi connectivity index (χ3n) is 3.96. The van der Waals surface area contributed by atoms with Gasteiger partial charge in [0.1, 0.15) is 5.82 Å². The van der Waals surface area contributed by atoms with Crippen LogP contribution in [0.2, 0.25) is 0 Å². The Labute approximate surface area is 128 Å². The van der Waals surface area contributed by atoms with Crippen molar-refractivity contribution in [2.45, 2.75) is 38.1 Å². The molecule has 0 saturated heterocycles. The molecule has 1 atom stereocenters. The molecule has 0 aromatic carbocycles. The van der Waals surface area contributed by atoms with Crippen LogP contribution < -0.4 is 5.32 Å². The minimum atomic E-state index is -0.370. The Morgan fingerprint density at radius 2 is 2.36 bits per heavy atom. The monoisotopic (exact) mass is 302 g/mol. The average molecular weight is 302 g/mol. The Morgan fingerprint density at radius 1 is 1.50 bits per heavy atom. The summed E-state index contributed by atoms with van der Waals surface area (Å²) in [7, 11) is 1.90. The lowest BCUT2D eigenvalue weighted by molar-refractivity contribution is -0.121. The van der Waals surface area contributed by atoms with E-state index in [1.807, 2.05) is 13.2 Å². The Hall–Kier alpha value is -2.24. The minimum absolute atomic E-state index is 0.0223. The van der Waals surface area contributed by atoms with Crippen molar-refractivity contribution in [3.8, 4) is 0 Å². The largest absolute Gasteiger partial charge is 0.349 e. The number of fused-ring (bicyclic) bond motifs is 1. The number of aromatic nitrogens is 3. The molecule has 0 saturated carbocycles. The summed E-state index contributed by atoms with van der Waals surface area (Å²) in [5, 5.41) is 7.49. The van der Waals surface area contributed by atoms with Crippen LogP contribution in [0, 0.1) is 5.82 Å². The number of hydrogen-bond acceptors (Lipinski definition) is 3. The molecule has 0 spiro atoms. The number of halogens is 1. The van der Waals surface area contributed by atoms with Crippen LogP contribution in [-0.2, 0) is 24.7 Å². The molecule has 2 aromatic rings. The zero-order valence-electron chi connectivity index (χ0n) is 12.6. The summed E-state index contributed by atoms with van der Waals surface area (Å²) in [5.41, 5.74) is 2.93. The van der Waals surface area contributed by atoms with Crippen molar-refractivity contribution in [3.63, 3.8) is 0 Å². The lowest BCUT2D eigenvalue weighted by Crippen LogP contribution is -2.30. The highest BCUT2D eigenvalue weighted by Gasteiger charge is 2.24. The predicted octanol–water partition coefficient (Wildman–Crippen LogP) is 2.08. The predicted molar refractivity (Wildman–Crippen MR) is 79.5 cm³/mol. The first-order valence-electron chi connectivity index (χ1n) is 7.53. The van der Waals surface area contributed by atoms with Crippen molar-refractivity contribution in [2.75, 3.05) is 0 Å². The molecule has 0 bridgehead atoms. The maximum atomic E-state index is 13.1. The second kappa shape index (κ2) is 6.25. The van der Waals surface area contributed by atoms with Gasteiger partial charge in [-0.05, 0) is 37.3 Å². The van der Waals surface area contributed by atoms with E-state index in [1.54, 1.807) is 10.9 Å². The lowest BCUT2D eigenvalue weighted by Gasteiger charge is -2.22. The average Bonchev–Trinajstić information content (AvgIpc) is 2.87. The van der Waals surface area contributed by atoms with E-state index in [1.165, 1.54) is 6.07 Å². The van der Waals surface area contributed by atoms with E-state index < -0.39 is 0 Å². The van der Waals surface area contributed by atoms with E-state index in [-0.39, 0.29) is 17.8 Å². The maximum absolute atomic E-state index is 13.1. The molecule has 0 radical (unpaired) electrons. The smallest absolute Gasteiger partial charge is 0.220 e. The Balaban J connectivity index is 1.58. The fourth-order valence-electron chi connectivity index (χ4n) is 2.93. The number of nitrogens with zero attached hydrogens (tertiary/aromatic N) is 3. The zero-order valence-corrected chi connectivity index (χ0v) is 12.6. The molecule has 2 heterocycles. The normalized spacial score (nSPS) is 17.1. The van der Waals surface area contributed by atoms with Gasteiger partial charge in [0, 0.05) is 31.4 Å². The van der Waals surface area contributed by atoms with Gasteiger partial charge in [-0.2, -0.15) is 5.10 Å². The molecule has 5 nitrogen and oxygen atoms in total. The highest BCUT2D eigenvalue weighted by molar-refractivity contribution is 5.76. The summed E-state index contributed by atoms with van der Waals surface area (Å²) >= 11 is 0. The van der Waals surface area contributed by atoms with Gasteiger partial charge in [0.25, 0.3) is 0 Å². The number of carbonyl (C=O) groups is 1. The second-order valence-corrected chi connectivity index (χ2v) is 5.73. The summed E-state index contributed by atoms with van der Waals surface area (Å²) in [5.74, 6) is -0.392. The zero-order chi connectivity index (χ0) is 15.5. The molecule has 6 heteroatoms. The van der Waals surface area contributed by atoms with E-state index in [2.05, 4.69) is 15.4 Å². The molecule has 1 N–H and O–H groups in total. The number of rotatable bonds is 4. The second-order valence-electron chi connectivity index (χ2n) is 5.73. The molecule has 116 valence electrons. The van der Waals surface area contributed by atoms with Crippen LogP contribution in [0.5, 0.6) is 0 Å². The molecule has 3 rings (SSSR count). The van der Waals surface area contributed by atoms with Crippen LogP contribution in [0.1, 0.15) is 42.1 Å². The van der Waals surface area contributed by atoms with Gasteiger partial charge >= 0.3 is 0 Å². The summed E-state index contributed by atoms with van der Waals surface area (Å²) in [6, 6.07) is 1.45. The van der Waals surface area contributed by atoms with Gasteiger partial charge < -0.3 is 5.32 Å². The minimum Gasteiger partial charge on any atom is -0.349 e. The molecule has 1 aliphatic carbocycles. The first kappa shape index (κ1) is 14.7. The van der Waals surface area contributed by atoms with Gasteiger partial charge in [0.05, 0.1) is 17.9 Å². The Kier molecular flexibility index (Phi) is 4.18. The highest BCUT2D eigenvalue weighted by atomic mass is 19.1. The summed E-state index contributed by atoms with van der Waals surface area (Å²) in [4.78, 5) is 15.9. The van der Waals surface area contributed by atoms with Crippen LogP contribution in [0.25, 0.3) is 0 Å². The van der Waals surface area contributed by atoms with Crippen LogP contribution in [0.4, 0.5) is 4.39 Å². The fraction of sp³-hybridized carbons (Fsp3) is 0.438.